The number of hydrogen-bond donors (Lipinski definition) is 0. The minimum absolute atomic E-state index is 0.0445. The summed E-state index contributed by atoms with van der Waals surface area (Å²) in [6, 6.07) is 0. The number of ether oxygens (including phenoxy) is 1. The van der Waals surface area contributed by atoms with E-state index in [-0.39, 0.29) is 6.61 Å². The number of halogens is 2. The molecule has 3 nitrogen and oxygen atoms in total. The molecule has 6 heteroatoms. The van der Waals surface area contributed by atoms with Crippen molar-refractivity contribution in [2.75, 3.05) is 6.61 Å². The molecule has 0 fully saturated rings. The van der Waals surface area contributed by atoms with Crippen LogP contribution in [0.5, 0.6) is 0 Å². The van der Waals surface area contributed by atoms with Gasteiger partial charge in [0.25, 0.3) is 0 Å². The Balaban J connectivity index is 2.61. The molecule has 0 aliphatic carbocycles. The van der Waals surface area contributed by atoms with Crippen LogP contribution in [0.3, 0.4) is 0 Å². The fourth-order valence-corrected chi connectivity index (χ4v) is 1.50. The lowest BCUT2D eigenvalue weighted by Gasteiger charge is -2.12. The van der Waals surface area contributed by atoms with Crippen LogP contribution in [0.1, 0.15) is 11.8 Å². The maximum Gasteiger partial charge on any atom is 0.377 e. The van der Waals surface area contributed by atoms with Crippen LogP contribution in [0.4, 0.5) is 8.78 Å². The Labute approximate surface area is 83.7 Å². The van der Waals surface area contributed by atoms with Crippen molar-refractivity contribution >= 4 is 17.3 Å². The highest BCUT2D eigenvalue weighted by molar-refractivity contribution is 7.09. The van der Waals surface area contributed by atoms with E-state index in [4.69, 9.17) is 0 Å². The van der Waals surface area contributed by atoms with Crippen molar-refractivity contribution in [1.29, 1.82) is 0 Å². The van der Waals surface area contributed by atoms with Crippen molar-refractivity contribution in [3.05, 3.63) is 16.6 Å². The largest absolute Gasteiger partial charge is 0.462 e. The molecular weight excluding hydrogens is 212 g/mol. The van der Waals surface area contributed by atoms with Gasteiger partial charge in [-0.05, 0) is 6.92 Å². The molecule has 0 aliphatic rings. The third-order valence-electron chi connectivity index (χ3n) is 1.45. The number of esters is 1. The van der Waals surface area contributed by atoms with Crippen LogP contribution in [-0.2, 0) is 16.0 Å². The predicted molar refractivity (Wildman–Crippen MR) is 47.4 cm³/mol. The SMILES string of the molecule is CCOC(=O)C(F)(F)Cc1cncs1. The number of thiazole rings is 1. The van der Waals surface area contributed by atoms with Crippen molar-refractivity contribution in [2.45, 2.75) is 19.3 Å². The highest BCUT2D eigenvalue weighted by atomic mass is 32.1. The molecule has 0 saturated carbocycles. The summed E-state index contributed by atoms with van der Waals surface area (Å²) >= 11 is 1.09. The summed E-state index contributed by atoms with van der Waals surface area (Å²) in [7, 11) is 0. The van der Waals surface area contributed by atoms with E-state index in [1.54, 1.807) is 0 Å². The molecule has 0 radical (unpaired) electrons. The number of carbonyl (C=O) groups is 1. The second-order valence-corrected chi connectivity index (χ2v) is 3.54. The molecule has 0 spiro atoms. The Hall–Kier alpha value is -1.04. The van der Waals surface area contributed by atoms with Crippen molar-refractivity contribution < 1.29 is 18.3 Å². The number of nitrogens with zero attached hydrogens (tertiary/aromatic N) is 1. The highest BCUT2D eigenvalue weighted by Gasteiger charge is 2.40. The van der Waals surface area contributed by atoms with Crippen molar-refractivity contribution in [3.63, 3.8) is 0 Å². The quantitative estimate of drug-likeness (QED) is 0.729. The number of aromatic nitrogens is 1. The fourth-order valence-electron chi connectivity index (χ4n) is 0.857. The van der Waals surface area contributed by atoms with Crippen molar-refractivity contribution in [1.82, 2.24) is 4.98 Å². The van der Waals surface area contributed by atoms with E-state index in [1.807, 2.05) is 0 Å². The first-order valence-electron chi connectivity index (χ1n) is 3.98. The summed E-state index contributed by atoms with van der Waals surface area (Å²) in [5.41, 5.74) is 1.44. The second-order valence-electron chi connectivity index (χ2n) is 2.57. The van der Waals surface area contributed by atoms with E-state index in [0.29, 0.717) is 4.88 Å². The van der Waals surface area contributed by atoms with Gasteiger partial charge in [-0.25, -0.2) is 4.79 Å². The molecule has 0 aliphatic heterocycles. The summed E-state index contributed by atoms with van der Waals surface area (Å²) in [6.45, 7) is 1.44. The minimum Gasteiger partial charge on any atom is -0.462 e. The lowest BCUT2D eigenvalue weighted by Crippen LogP contribution is -2.32. The number of carbonyl (C=O) groups excluding carboxylic acids is 1. The zero-order chi connectivity index (χ0) is 10.6. The van der Waals surface area contributed by atoms with Crippen LogP contribution in [0, 0.1) is 0 Å². The van der Waals surface area contributed by atoms with E-state index < -0.39 is 18.3 Å². The Kier molecular flexibility index (Phi) is 3.51. The van der Waals surface area contributed by atoms with E-state index in [0.717, 1.165) is 11.3 Å². The van der Waals surface area contributed by atoms with Gasteiger partial charge in [-0.15, -0.1) is 11.3 Å². The number of alkyl halides is 2. The monoisotopic (exact) mass is 221 g/mol. The van der Waals surface area contributed by atoms with Gasteiger partial charge in [-0.2, -0.15) is 8.78 Å². The lowest BCUT2D eigenvalue weighted by atomic mass is 10.2. The second kappa shape index (κ2) is 4.45. The Morgan fingerprint density at radius 3 is 2.93 bits per heavy atom. The number of rotatable bonds is 4. The van der Waals surface area contributed by atoms with Crippen molar-refractivity contribution in [2.24, 2.45) is 0 Å². The Morgan fingerprint density at radius 2 is 2.43 bits per heavy atom. The minimum atomic E-state index is -3.46. The van der Waals surface area contributed by atoms with Crippen LogP contribution in [0.15, 0.2) is 11.7 Å². The summed E-state index contributed by atoms with van der Waals surface area (Å²) in [4.78, 5) is 14.8. The Bertz CT molecular complexity index is 300. The lowest BCUT2D eigenvalue weighted by molar-refractivity contribution is -0.171. The first kappa shape index (κ1) is 11.0. The van der Waals surface area contributed by atoms with Crippen LogP contribution in [0.25, 0.3) is 0 Å². The zero-order valence-electron chi connectivity index (χ0n) is 7.50. The van der Waals surface area contributed by atoms with Gasteiger partial charge in [0, 0.05) is 11.1 Å². The predicted octanol–water partition coefficient (Wildman–Crippen LogP) is 1.88. The first-order chi connectivity index (χ1) is 6.56. The fraction of sp³-hybridized carbons (Fsp3) is 0.500. The smallest absolute Gasteiger partial charge is 0.377 e. The van der Waals surface area contributed by atoms with Crippen LogP contribution in [-0.4, -0.2) is 23.5 Å². The van der Waals surface area contributed by atoms with Gasteiger partial charge in [0.2, 0.25) is 0 Å². The molecule has 1 aromatic heterocycles. The average molecular weight is 221 g/mol. The molecule has 0 amide bonds. The topological polar surface area (TPSA) is 39.2 Å². The van der Waals surface area contributed by atoms with Crippen LogP contribution >= 0.6 is 11.3 Å². The summed E-state index contributed by atoms with van der Waals surface area (Å²) < 4.78 is 30.4. The Morgan fingerprint density at radius 1 is 1.71 bits per heavy atom. The van der Waals surface area contributed by atoms with E-state index in [2.05, 4.69) is 9.72 Å². The van der Waals surface area contributed by atoms with Crippen LogP contribution < -0.4 is 0 Å². The van der Waals surface area contributed by atoms with Crippen molar-refractivity contribution in [3.8, 4) is 0 Å². The first-order valence-corrected chi connectivity index (χ1v) is 4.86. The van der Waals surface area contributed by atoms with E-state index in [1.165, 1.54) is 18.6 Å². The van der Waals surface area contributed by atoms with Gasteiger partial charge in [0.05, 0.1) is 18.5 Å². The molecule has 1 heterocycles. The maximum atomic E-state index is 13.1. The van der Waals surface area contributed by atoms with Gasteiger partial charge in [0.1, 0.15) is 0 Å². The summed E-state index contributed by atoms with van der Waals surface area (Å²) in [5, 5.41) is 0. The maximum absolute atomic E-state index is 13.1. The van der Waals surface area contributed by atoms with Gasteiger partial charge >= 0.3 is 11.9 Å². The summed E-state index contributed by atoms with van der Waals surface area (Å²) in [5.74, 6) is -4.93. The highest BCUT2D eigenvalue weighted by Crippen LogP contribution is 2.23. The van der Waals surface area contributed by atoms with Crippen LogP contribution in [0.2, 0.25) is 0 Å². The van der Waals surface area contributed by atoms with Gasteiger partial charge in [-0.3, -0.25) is 4.98 Å². The molecule has 78 valence electrons. The van der Waals surface area contributed by atoms with E-state index in [9.17, 15) is 13.6 Å². The molecule has 1 aromatic rings. The van der Waals surface area contributed by atoms with Gasteiger partial charge in [-0.1, -0.05) is 0 Å². The third kappa shape index (κ3) is 2.73. The summed E-state index contributed by atoms with van der Waals surface area (Å²) in [6.07, 6.45) is 0.675. The molecule has 0 saturated heterocycles. The number of hydrogen-bond acceptors (Lipinski definition) is 4. The zero-order valence-corrected chi connectivity index (χ0v) is 8.31. The molecule has 14 heavy (non-hydrogen) atoms. The normalized spacial score (nSPS) is 11.4. The molecule has 0 aromatic carbocycles. The third-order valence-corrected chi connectivity index (χ3v) is 2.23. The molecule has 0 unspecified atom stereocenters. The van der Waals surface area contributed by atoms with E-state index >= 15 is 0 Å². The van der Waals surface area contributed by atoms with Gasteiger partial charge < -0.3 is 4.74 Å². The standard InChI is InChI=1S/C8H9F2NO2S/c1-2-13-7(12)8(9,10)3-6-4-11-5-14-6/h4-5H,2-3H2,1H3. The average Bonchev–Trinajstić information content (AvgIpc) is 2.56. The molecule has 0 N–H and O–H groups in total. The molecular formula is C8H9F2NO2S. The molecule has 0 atom stereocenters. The molecule has 0 bridgehead atoms. The molecule has 1 rings (SSSR count). The van der Waals surface area contributed by atoms with Gasteiger partial charge in [0.15, 0.2) is 0 Å².